The lowest BCUT2D eigenvalue weighted by atomic mass is 9.60. The Morgan fingerprint density at radius 1 is 0.396 bits per heavy atom. The van der Waals surface area contributed by atoms with Crippen molar-refractivity contribution < 1.29 is 9.59 Å². The summed E-state index contributed by atoms with van der Waals surface area (Å²) in [6.45, 7) is 0. The number of carbonyl (C=O) groups excluding carboxylic acids is 2. The smallest absolute Gasteiger partial charge is 0.194 e. The Morgan fingerprint density at radius 3 is 1.21 bits per heavy atom. The minimum atomic E-state index is -1.77. The van der Waals surface area contributed by atoms with E-state index in [4.69, 9.17) is 23.2 Å². The molecule has 48 heavy (non-hydrogen) atoms. The molecule has 6 aromatic carbocycles. The van der Waals surface area contributed by atoms with Gasteiger partial charge in [0.05, 0.1) is 0 Å². The maximum Gasteiger partial charge on any atom is 0.194 e. The maximum atomic E-state index is 15.3. The van der Waals surface area contributed by atoms with Gasteiger partial charge in [0.2, 0.25) is 0 Å². The molecule has 0 heterocycles. The van der Waals surface area contributed by atoms with Crippen LogP contribution in [0.2, 0.25) is 0 Å². The van der Waals surface area contributed by atoms with Crippen molar-refractivity contribution >= 4 is 45.9 Å². The maximum absolute atomic E-state index is 15.3. The van der Waals surface area contributed by atoms with E-state index in [0.717, 1.165) is 11.1 Å². The molecule has 0 N–H and O–H groups in total. The summed E-state index contributed by atoms with van der Waals surface area (Å²) in [4.78, 5) is 27.2. The van der Waals surface area contributed by atoms with Crippen LogP contribution in [0.4, 0.5) is 0 Å². The number of allylic oxidation sites excluding steroid dienone is 4. The molecule has 0 bridgehead atoms. The largest absolute Gasteiger partial charge is 0.289 e. The molecule has 2 unspecified atom stereocenters. The van der Waals surface area contributed by atoms with Gasteiger partial charge in [-0.25, -0.2) is 0 Å². The highest BCUT2D eigenvalue weighted by Gasteiger charge is 2.62. The van der Waals surface area contributed by atoms with Gasteiger partial charge in [-0.2, -0.15) is 0 Å². The number of rotatable bonds is 8. The van der Waals surface area contributed by atoms with Gasteiger partial charge in [0.15, 0.2) is 11.6 Å². The first-order valence-corrected chi connectivity index (χ1v) is 16.5. The Labute approximate surface area is 290 Å². The number of alkyl halides is 2. The Balaban J connectivity index is 1.77. The second-order valence-corrected chi connectivity index (χ2v) is 12.8. The Bertz CT molecular complexity index is 2140. The number of hydrogen-bond acceptors (Lipinski definition) is 2. The summed E-state index contributed by atoms with van der Waals surface area (Å²) in [5, 5.41) is 0. The molecule has 2 nitrogen and oxygen atoms in total. The Kier molecular flexibility index (Phi) is 8.54. The molecule has 1 aliphatic carbocycles. The zero-order chi connectivity index (χ0) is 33.1. The van der Waals surface area contributed by atoms with Crippen molar-refractivity contribution in [3.8, 4) is 0 Å². The van der Waals surface area contributed by atoms with Crippen LogP contribution in [0.25, 0.3) is 11.1 Å². The van der Waals surface area contributed by atoms with Crippen LogP contribution >= 0.6 is 23.2 Å². The average molecular weight is 662 g/mol. The molecule has 7 rings (SSSR count). The van der Waals surface area contributed by atoms with E-state index in [9.17, 15) is 0 Å². The van der Waals surface area contributed by atoms with Crippen molar-refractivity contribution in [1.82, 2.24) is 0 Å². The number of hydrogen-bond donors (Lipinski definition) is 0. The minimum Gasteiger partial charge on any atom is -0.289 e. The summed E-state index contributed by atoms with van der Waals surface area (Å²) in [6.07, 6.45) is 0. The number of carbonyl (C=O) groups is 2. The van der Waals surface area contributed by atoms with Gasteiger partial charge in [-0.15, -0.1) is 23.2 Å². The van der Waals surface area contributed by atoms with Crippen LogP contribution in [0.5, 0.6) is 0 Å². The van der Waals surface area contributed by atoms with Gasteiger partial charge >= 0.3 is 0 Å². The number of halogens is 2. The molecule has 4 heteroatoms. The van der Waals surface area contributed by atoms with Gasteiger partial charge in [0.25, 0.3) is 0 Å². The highest BCUT2D eigenvalue weighted by Crippen LogP contribution is 2.67. The van der Waals surface area contributed by atoms with Gasteiger partial charge in [-0.3, -0.25) is 9.59 Å². The SMILES string of the molecule is O=C(C1=C(C(=O)c2ccccc2)C(Cl)(c2ccccc2)C(Cl)(c2ccccc2)C(c2ccccc2)=C1c1ccccc1)c1ccccc1. The summed E-state index contributed by atoms with van der Waals surface area (Å²) in [6, 6.07) is 56.5. The molecule has 0 fully saturated rings. The van der Waals surface area contributed by atoms with Crippen molar-refractivity contribution in [1.29, 1.82) is 0 Å². The molecule has 0 aliphatic heterocycles. The minimum absolute atomic E-state index is 0.118. The first kappa shape index (κ1) is 31.3. The van der Waals surface area contributed by atoms with E-state index in [2.05, 4.69) is 0 Å². The molecule has 1 aliphatic rings. The van der Waals surface area contributed by atoms with Gasteiger partial charge in [-0.05, 0) is 33.4 Å². The summed E-state index contributed by atoms with van der Waals surface area (Å²) in [5.41, 5.74) is 5.13. The van der Waals surface area contributed by atoms with Crippen molar-refractivity contribution in [2.75, 3.05) is 0 Å². The van der Waals surface area contributed by atoms with Gasteiger partial charge in [0, 0.05) is 22.3 Å². The molecule has 0 aromatic heterocycles. The van der Waals surface area contributed by atoms with Crippen molar-refractivity contribution in [3.63, 3.8) is 0 Å². The van der Waals surface area contributed by atoms with Crippen molar-refractivity contribution in [2.45, 2.75) is 9.75 Å². The molecule has 0 radical (unpaired) electrons. The van der Waals surface area contributed by atoms with Crippen LogP contribution in [-0.2, 0) is 9.75 Å². The van der Waals surface area contributed by atoms with E-state index in [1.165, 1.54) is 0 Å². The average Bonchev–Trinajstić information content (AvgIpc) is 3.17. The summed E-state index contributed by atoms with van der Waals surface area (Å²) < 4.78 is 0. The predicted molar refractivity (Wildman–Crippen MR) is 196 cm³/mol. The van der Waals surface area contributed by atoms with Crippen LogP contribution in [0.1, 0.15) is 43.0 Å². The Hall–Kier alpha value is -5.28. The van der Waals surface area contributed by atoms with Crippen LogP contribution < -0.4 is 0 Å². The molecule has 0 amide bonds. The molecule has 0 spiro atoms. The molecule has 2 atom stereocenters. The van der Waals surface area contributed by atoms with Gasteiger partial charge < -0.3 is 0 Å². The number of ketones is 2. The second kappa shape index (κ2) is 13.1. The topological polar surface area (TPSA) is 34.1 Å². The fraction of sp³-hybridized carbons (Fsp3) is 0.0455. The molecule has 232 valence electrons. The first-order chi connectivity index (χ1) is 23.5. The quantitative estimate of drug-likeness (QED) is 0.120. The lowest BCUT2D eigenvalue weighted by Crippen LogP contribution is -2.49. The third kappa shape index (κ3) is 5.15. The summed E-state index contributed by atoms with van der Waals surface area (Å²) >= 11 is 16.6. The van der Waals surface area contributed by atoms with E-state index in [1.54, 1.807) is 24.3 Å². The highest BCUT2D eigenvalue weighted by atomic mass is 35.5. The van der Waals surface area contributed by atoms with Crippen LogP contribution in [-0.4, -0.2) is 11.6 Å². The molecule has 0 saturated heterocycles. The monoisotopic (exact) mass is 660 g/mol. The predicted octanol–water partition coefficient (Wildman–Crippen LogP) is 10.9. The second-order valence-electron chi connectivity index (χ2n) is 11.7. The van der Waals surface area contributed by atoms with E-state index >= 15 is 9.59 Å². The molecular formula is C44H30Cl2O2. The third-order valence-electron chi connectivity index (χ3n) is 8.91. The van der Waals surface area contributed by atoms with E-state index < -0.39 is 9.75 Å². The van der Waals surface area contributed by atoms with Crippen LogP contribution in [0.15, 0.2) is 193 Å². The van der Waals surface area contributed by atoms with Crippen LogP contribution in [0, 0.1) is 0 Å². The molecule has 0 saturated carbocycles. The van der Waals surface area contributed by atoms with Crippen molar-refractivity contribution in [3.05, 3.63) is 227 Å². The summed E-state index contributed by atoms with van der Waals surface area (Å²) in [5.74, 6) is -0.704. The van der Waals surface area contributed by atoms with Gasteiger partial charge in [0.1, 0.15) is 9.75 Å². The van der Waals surface area contributed by atoms with E-state index in [1.807, 2.05) is 158 Å². The van der Waals surface area contributed by atoms with Gasteiger partial charge in [-0.1, -0.05) is 182 Å². The molecular weight excluding hydrogens is 631 g/mol. The number of benzene rings is 6. The zero-order valence-corrected chi connectivity index (χ0v) is 27.4. The fourth-order valence-corrected chi connectivity index (χ4v) is 7.81. The fourth-order valence-electron chi connectivity index (χ4n) is 6.77. The number of Topliss-reactive ketones (excluding diaryl/α,β-unsaturated/α-hetero) is 2. The van der Waals surface area contributed by atoms with E-state index in [0.29, 0.717) is 33.4 Å². The van der Waals surface area contributed by atoms with Crippen molar-refractivity contribution in [2.24, 2.45) is 0 Å². The first-order valence-electron chi connectivity index (χ1n) is 15.8. The lowest BCUT2D eigenvalue weighted by molar-refractivity contribution is 0.0991. The normalized spacial score (nSPS) is 19.2. The zero-order valence-electron chi connectivity index (χ0n) is 25.9. The third-order valence-corrected chi connectivity index (χ3v) is 10.4. The summed E-state index contributed by atoms with van der Waals surface area (Å²) in [7, 11) is 0. The standard InChI is InChI=1S/C44H30Cl2O2/c45-43(35-27-15-5-16-28-35)39(32-21-9-2-10-22-32)37(31-19-7-1-8-20-31)38(41(47)33-23-11-3-12-24-33)40(42(48)34-25-13-4-14-26-34)44(43,46)36-29-17-6-18-30-36/h1-30H. The molecule has 6 aromatic rings. The lowest BCUT2D eigenvalue weighted by Gasteiger charge is -2.50. The Morgan fingerprint density at radius 2 is 0.750 bits per heavy atom. The van der Waals surface area contributed by atoms with Crippen LogP contribution in [0.3, 0.4) is 0 Å². The van der Waals surface area contributed by atoms with E-state index in [-0.39, 0.29) is 22.7 Å². The highest BCUT2D eigenvalue weighted by molar-refractivity contribution is 6.47.